The molecule has 1 aliphatic rings. The quantitative estimate of drug-likeness (QED) is 0.797. The van der Waals surface area contributed by atoms with Crippen LogP contribution in [-0.2, 0) is 0 Å². The number of hydrogen-bond donors (Lipinski definition) is 2. The lowest BCUT2D eigenvalue weighted by molar-refractivity contribution is 0.411. The number of phenolic OH excluding ortho intramolecular Hbond substituents is 1. The SMILES string of the molecule is N#Cc1cccc([C@@H](N)C2CCCC2)c1O. The van der Waals surface area contributed by atoms with Crippen molar-refractivity contribution in [1.82, 2.24) is 0 Å². The molecule has 0 unspecified atom stereocenters. The zero-order valence-electron chi connectivity index (χ0n) is 9.19. The van der Waals surface area contributed by atoms with E-state index in [9.17, 15) is 5.11 Å². The fourth-order valence-corrected chi connectivity index (χ4v) is 2.49. The molecule has 0 aliphatic heterocycles. The monoisotopic (exact) mass is 216 g/mol. The zero-order chi connectivity index (χ0) is 11.5. The fraction of sp³-hybridized carbons (Fsp3) is 0.462. The third kappa shape index (κ3) is 1.89. The molecular formula is C13H16N2O. The molecule has 1 atom stereocenters. The van der Waals surface area contributed by atoms with Crippen LogP contribution in [0.1, 0.15) is 42.9 Å². The van der Waals surface area contributed by atoms with Crippen LogP contribution in [0.15, 0.2) is 18.2 Å². The zero-order valence-corrected chi connectivity index (χ0v) is 9.19. The molecule has 16 heavy (non-hydrogen) atoms. The molecule has 1 saturated carbocycles. The smallest absolute Gasteiger partial charge is 0.138 e. The average Bonchev–Trinajstić information content (AvgIpc) is 2.82. The Morgan fingerprint density at radius 2 is 2.06 bits per heavy atom. The van der Waals surface area contributed by atoms with Crippen LogP contribution >= 0.6 is 0 Å². The Hall–Kier alpha value is -1.53. The molecule has 0 aromatic heterocycles. The number of phenols is 1. The molecule has 3 heteroatoms. The second-order valence-corrected chi connectivity index (χ2v) is 4.43. The topological polar surface area (TPSA) is 70.0 Å². The van der Waals surface area contributed by atoms with Gasteiger partial charge in [-0.2, -0.15) is 5.26 Å². The highest BCUT2D eigenvalue weighted by Crippen LogP contribution is 2.37. The van der Waals surface area contributed by atoms with Gasteiger partial charge in [0.05, 0.1) is 5.56 Å². The Morgan fingerprint density at radius 1 is 1.38 bits per heavy atom. The summed E-state index contributed by atoms with van der Waals surface area (Å²) in [5.74, 6) is 0.504. The summed E-state index contributed by atoms with van der Waals surface area (Å²) in [4.78, 5) is 0. The Bertz CT molecular complexity index is 416. The molecule has 0 heterocycles. The van der Waals surface area contributed by atoms with Crippen molar-refractivity contribution in [3.05, 3.63) is 29.3 Å². The molecule has 1 aliphatic carbocycles. The number of para-hydroxylation sites is 1. The number of benzene rings is 1. The lowest BCUT2D eigenvalue weighted by atomic mass is 9.91. The summed E-state index contributed by atoms with van der Waals surface area (Å²) in [7, 11) is 0. The normalized spacial score (nSPS) is 18.2. The van der Waals surface area contributed by atoms with E-state index in [2.05, 4.69) is 0 Å². The van der Waals surface area contributed by atoms with Crippen molar-refractivity contribution in [1.29, 1.82) is 5.26 Å². The van der Waals surface area contributed by atoms with Crippen molar-refractivity contribution in [2.75, 3.05) is 0 Å². The minimum absolute atomic E-state index is 0.0596. The molecule has 0 bridgehead atoms. The summed E-state index contributed by atoms with van der Waals surface area (Å²) >= 11 is 0. The maximum atomic E-state index is 9.92. The van der Waals surface area contributed by atoms with Gasteiger partial charge in [-0.3, -0.25) is 0 Å². The first-order valence-corrected chi connectivity index (χ1v) is 5.71. The van der Waals surface area contributed by atoms with E-state index in [0.29, 0.717) is 17.0 Å². The van der Waals surface area contributed by atoms with Crippen LogP contribution in [0, 0.1) is 17.2 Å². The van der Waals surface area contributed by atoms with Gasteiger partial charge in [-0.1, -0.05) is 25.0 Å². The second-order valence-electron chi connectivity index (χ2n) is 4.43. The first kappa shape index (κ1) is 11.0. The third-order valence-corrected chi connectivity index (χ3v) is 3.45. The largest absolute Gasteiger partial charge is 0.506 e. The van der Waals surface area contributed by atoms with Crippen LogP contribution in [0.25, 0.3) is 0 Å². The first-order chi connectivity index (χ1) is 7.74. The van der Waals surface area contributed by atoms with E-state index < -0.39 is 0 Å². The van der Waals surface area contributed by atoms with E-state index in [1.807, 2.05) is 12.1 Å². The van der Waals surface area contributed by atoms with Crippen LogP contribution in [-0.4, -0.2) is 5.11 Å². The Morgan fingerprint density at radius 3 is 2.69 bits per heavy atom. The van der Waals surface area contributed by atoms with E-state index in [1.165, 1.54) is 12.8 Å². The summed E-state index contributed by atoms with van der Waals surface area (Å²) < 4.78 is 0. The highest BCUT2D eigenvalue weighted by molar-refractivity contribution is 5.48. The summed E-state index contributed by atoms with van der Waals surface area (Å²) in [5, 5.41) is 18.8. The lowest BCUT2D eigenvalue weighted by Crippen LogP contribution is -2.19. The number of hydrogen-bond acceptors (Lipinski definition) is 3. The summed E-state index contributed by atoms with van der Waals surface area (Å²) in [6.07, 6.45) is 4.68. The Balaban J connectivity index is 2.29. The van der Waals surface area contributed by atoms with E-state index >= 15 is 0 Å². The Kier molecular flexibility index (Phi) is 3.12. The maximum absolute atomic E-state index is 9.92. The molecule has 0 saturated heterocycles. The predicted octanol–water partition coefficient (Wildman–Crippen LogP) is 2.45. The van der Waals surface area contributed by atoms with Crippen LogP contribution in [0.4, 0.5) is 0 Å². The molecule has 1 aromatic carbocycles. The van der Waals surface area contributed by atoms with Gasteiger partial charge in [0.1, 0.15) is 11.8 Å². The van der Waals surface area contributed by atoms with Crippen LogP contribution < -0.4 is 5.73 Å². The number of nitrogens with zero attached hydrogens (tertiary/aromatic N) is 1. The van der Waals surface area contributed by atoms with Crippen LogP contribution in [0.2, 0.25) is 0 Å². The van der Waals surface area contributed by atoms with Crippen molar-refractivity contribution in [2.24, 2.45) is 11.7 Å². The second kappa shape index (κ2) is 4.54. The predicted molar refractivity (Wildman–Crippen MR) is 61.7 cm³/mol. The van der Waals surface area contributed by atoms with Gasteiger partial charge in [0.25, 0.3) is 0 Å². The highest BCUT2D eigenvalue weighted by atomic mass is 16.3. The molecule has 84 valence electrons. The molecule has 0 spiro atoms. The molecule has 1 aromatic rings. The van der Waals surface area contributed by atoms with E-state index in [0.717, 1.165) is 12.8 Å². The number of rotatable bonds is 2. The molecule has 3 nitrogen and oxygen atoms in total. The van der Waals surface area contributed by atoms with E-state index in [1.54, 1.807) is 12.1 Å². The first-order valence-electron chi connectivity index (χ1n) is 5.71. The number of nitriles is 1. The van der Waals surface area contributed by atoms with Gasteiger partial charge in [-0.05, 0) is 24.8 Å². The van der Waals surface area contributed by atoms with Crippen molar-refractivity contribution < 1.29 is 5.11 Å². The molecular weight excluding hydrogens is 200 g/mol. The van der Waals surface area contributed by atoms with Crippen molar-refractivity contribution >= 4 is 0 Å². The Labute approximate surface area is 95.5 Å². The standard InChI is InChI=1S/C13H16N2O/c14-8-10-6-3-7-11(13(10)16)12(15)9-4-1-2-5-9/h3,6-7,9,12,16H,1-2,4-5,15H2/t12-/m0/s1. The van der Waals surface area contributed by atoms with E-state index in [-0.39, 0.29) is 11.8 Å². The number of nitrogens with two attached hydrogens (primary N) is 1. The average molecular weight is 216 g/mol. The van der Waals surface area contributed by atoms with Gasteiger partial charge in [-0.25, -0.2) is 0 Å². The van der Waals surface area contributed by atoms with Gasteiger partial charge in [0.15, 0.2) is 0 Å². The minimum Gasteiger partial charge on any atom is -0.506 e. The van der Waals surface area contributed by atoms with Gasteiger partial charge in [0, 0.05) is 11.6 Å². The van der Waals surface area contributed by atoms with Crippen LogP contribution in [0.3, 0.4) is 0 Å². The van der Waals surface area contributed by atoms with Gasteiger partial charge >= 0.3 is 0 Å². The van der Waals surface area contributed by atoms with Crippen molar-refractivity contribution in [3.63, 3.8) is 0 Å². The molecule has 2 rings (SSSR count). The van der Waals surface area contributed by atoms with Gasteiger partial charge in [-0.15, -0.1) is 0 Å². The molecule has 1 fully saturated rings. The summed E-state index contributed by atoms with van der Waals surface area (Å²) in [5.41, 5.74) is 7.18. The molecule has 3 N–H and O–H groups in total. The highest BCUT2D eigenvalue weighted by Gasteiger charge is 2.25. The van der Waals surface area contributed by atoms with Gasteiger partial charge < -0.3 is 10.8 Å². The number of aromatic hydroxyl groups is 1. The summed E-state index contributed by atoms with van der Waals surface area (Å²) in [6.45, 7) is 0. The third-order valence-electron chi connectivity index (χ3n) is 3.45. The lowest BCUT2D eigenvalue weighted by Gasteiger charge is -2.20. The van der Waals surface area contributed by atoms with Gasteiger partial charge in [0.2, 0.25) is 0 Å². The van der Waals surface area contributed by atoms with E-state index in [4.69, 9.17) is 11.0 Å². The fourth-order valence-electron chi connectivity index (χ4n) is 2.49. The minimum atomic E-state index is -0.143. The van der Waals surface area contributed by atoms with Crippen molar-refractivity contribution in [2.45, 2.75) is 31.7 Å². The van der Waals surface area contributed by atoms with Crippen LogP contribution in [0.5, 0.6) is 5.75 Å². The maximum Gasteiger partial charge on any atom is 0.138 e. The van der Waals surface area contributed by atoms with Crippen molar-refractivity contribution in [3.8, 4) is 11.8 Å². The molecule has 0 radical (unpaired) electrons. The summed E-state index contributed by atoms with van der Waals surface area (Å²) in [6, 6.07) is 7.04. The molecule has 0 amide bonds.